The number of thiocarbonyl (C=S) groups is 1. The maximum atomic E-state index is 14.1. The van der Waals surface area contributed by atoms with Crippen LogP contribution in [0.4, 0.5) is 10.1 Å². The number of hydrogen-bond acceptors (Lipinski definition) is 5. The number of anilines is 1. The number of esters is 1. The quantitative estimate of drug-likeness (QED) is 0.192. The number of halogens is 3. The number of rotatable bonds is 7. The molecule has 184 valence electrons. The van der Waals surface area contributed by atoms with E-state index in [9.17, 15) is 14.0 Å². The zero-order chi connectivity index (χ0) is 25.8. The highest BCUT2D eigenvalue weighted by Crippen LogP contribution is 2.33. The van der Waals surface area contributed by atoms with Gasteiger partial charge in [0.2, 0.25) is 0 Å². The summed E-state index contributed by atoms with van der Waals surface area (Å²) in [4.78, 5) is 28.4. The summed E-state index contributed by atoms with van der Waals surface area (Å²) in [5.74, 6) is -0.977. The molecule has 1 aliphatic heterocycles. The molecule has 0 aliphatic carbocycles. The Balaban J connectivity index is 1.73. The SMILES string of the molecule is COC(=O)CN1C(=S)N(c2ccc(Cl)cc2)C(=O)/C1=C/c1cc(Br)ccc1OCc1ccccc1F. The molecule has 1 heterocycles. The number of carbonyl (C=O) groups excluding carboxylic acids is 2. The molecule has 0 unspecified atom stereocenters. The van der Waals surface area contributed by atoms with Crippen LogP contribution in [0.5, 0.6) is 5.75 Å². The maximum absolute atomic E-state index is 14.1. The van der Waals surface area contributed by atoms with E-state index in [1.807, 2.05) is 0 Å². The van der Waals surface area contributed by atoms with Crippen LogP contribution >= 0.6 is 39.7 Å². The summed E-state index contributed by atoms with van der Waals surface area (Å²) < 4.78 is 25.5. The Hall–Kier alpha value is -3.27. The van der Waals surface area contributed by atoms with Gasteiger partial charge in [-0.1, -0.05) is 45.7 Å². The number of benzene rings is 3. The van der Waals surface area contributed by atoms with Crippen LogP contribution in [0.25, 0.3) is 6.08 Å². The maximum Gasteiger partial charge on any atom is 0.325 e. The van der Waals surface area contributed by atoms with Crippen LogP contribution in [-0.2, 0) is 20.9 Å². The molecule has 0 aromatic heterocycles. The number of ether oxygens (including phenoxy) is 2. The van der Waals surface area contributed by atoms with Crippen molar-refractivity contribution in [1.82, 2.24) is 4.90 Å². The van der Waals surface area contributed by atoms with E-state index in [-0.39, 0.29) is 29.8 Å². The van der Waals surface area contributed by atoms with Crippen LogP contribution in [0, 0.1) is 5.82 Å². The molecule has 6 nitrogen and oxygen atoms in total. The van der Waals surface area contributed by atoms with Gasteiger partial charge < -0.3 is 14.4 Å². The minimum absolute atomic E-state index is 0.0143. The van der Waals surface area contributed by atoms with Crippen molar-refractivity contribution in [1.29, 1.82) is 0 Å². The van der Waals surface area contributed by atoms with E-state index in [4.69, 9.17) is 33.3 Å². The Labute approximate surface area is 226 Å². The first kappa shape index (κ1) is 25.8. The van der Waals surface area contributed by atoms with Crippen molar-refractivity contribution in [2.75, 3.05) is 18.6 Å². The Kier molecular flexibility index (Phi) is 8.03. The average molecular weight is 590 g/mol. The summed E-state index contributed by atoms with van der Waals surface area (Å²) in [6.45, 7) is -0.282. The summed E-state index contributed by atoms with van der Waals surface area (Å²) in [5.41, 5.74) is 1.56. The highest BCUT2D eigenvalue weighted by Gasteiger charge is 2.40. The second kappa shape index (κ2) is 11.2. The summed E-state index contributed by atoms with van der Waals surface area (Å²) >= 11 is 15.0. The van der Waals surface area contributed by atoms with E-state index in [1.54, 1.807) is 66.7 Å². The third-order valence-corrected chi connectivity index (χ3v) is 6.49. The number of amides is 1. The van der Waals surface area contributed by atoms with Crippen molar-refractivity contribution in [3.8, 4) is 5.75 Å². The van der Waals surface area contributed by atoms with E-state index < -0.39 is 11.9 Å². The Bertz CT molecular complexity index is 1370. The first-order chi connectivity index (χ1) is 17.3. The van der Waals surface area contributed by atoms with Gasteiger partial charge in [0.25, 0.3) is 5.91 Å². The van der Waals surface area contributed by atoms with Crippen LogP contribution in [0.1, 0.15) is 11.1 Å². The van der Waals surface area contributed by atoms with Gasteiger partial charge in [-0.3, -0.25) is 14.5 Å². The fourth-order valence-corrected chi connectivity index (χ4v) is 4.38. The van der Waals surface area contributed by atoms with Gasteiger partial charge in [-0.2, -0.15) is 0 Å². The lowest BCUT2D eigenvalue weighted by Gasteiger charge is -2.19. The summed E-state index contributed by atoms with van der Waals surface area (Å²) in [7, 11) is 1.26. The smallest absolute Gasteiger partial charge is 0.325 e. The van der Waals surface area contributed by atoms with E-state index in [1.165, 1.54) is 23.0 Å². The molecular weight excluding hydrogens is 571 g/mol. The minimum atomic E-state index is -0.570. The molecule has 1 saturated heterocycles. The van der Waals surface area contributed by atoms with E-state index in [2.05, 4.69) is 15.9 Å². The zero-order valence-electron chi connectivity index (χ0n) is 18.9. The van der Waals surface area contributed by atoms with Gasteiger partial charge in [0.15, 0.2) is 5.11 Å². The molecule has 1 aliphatic rings. The topological polar surface area (TPSA) is 59.1 Å². The zero-order valence-corrected chi connectivity index (χ0v) is 22.1. The Morgan fingerprint density at radius 2 is 1.86 bits per heavy atom. The summed E-state index contributed by atoms with van der Waals surface area (Å²) in [6.07, 6.45) is 1.58. The molecule has 0 atom stereocenters. The fourth-order valence-electron chi connectivity index (χ4n) is 3.53. The number of hydrogen-bond donors (Lipinski definition) is 0. The monoisotopic (exact) mass is 588 g/mol. The van der Waals surface area contributed by atoms with Gasteiger partial charge in [0.1, 0.15) is 30.4 Å². The molecular formula is C26H19BrClFN2O4S. The van der Waals surface area contributed by atoms with Crippen LogP contribution in [0.15, 0.2) is 76.9 Å². The Morgan fingerprint density at radius 3 is 2.56 bits per heavy atom. The third kappa shape index (κ3) is 5.59. The number of nitrogens with zero attached hydrogens (tertiary/aromatic N) is 2. The molecule has 0 N–H and O–H groups in total. The van der Waals surface area contributed by atoms with Gasteiger partial charge in [-0.15, -0.1) is 0 Å². The second-order valence-corrected chi connectivity index (χ2v) is 9.37. The summed E-state index contributed by atoms with van der Waals surface area (Å²) in [6, 6.07) is 18.1. The predicted molar refractivity (Wildman–Crippen MR) is 143 cm³/mol. The minimum Gasteiger partial charge on any atom is -0.488 e. The van der Waals surface area contributed by atoms with Crippen LogP contribution in [-0.4, -0.2) is 35.5 Å². The van der Waals surface area contributed by atoms with Crippen molar-refractivity contribution in [2.24, 2.45) is 0 Å². The molecule has 1 amide bonds. The molecule has 0 spiro atoms. The van der Waals surface area contributed by atoms with Crippen LogP contribution in [0.2, 0.25) is 5.02 Å². The molecule has 4 rings (SSSR count). The third-order valence-electron chi connectivity index (χ3n) is 5.34. The molecule has 0 radical (unpaired) electrons. The molecule has 0 bridgehead atoms. The van der Waals surface area contributed by atoms with Gasteiger partial charge >= 0.3 is 5.97 Å². The molecule has 36 heavy (non-hydrogen) atoms. The lowest BCUT2D eigenvalue weighted by molar-refractivity contribution is -0.140. The van der Waals surface area contributed by atoms with E-state index in [0.29, 0.717) is 27.6 Å². The average Bonchev–Trinajstić information content (AvgIpc) is 3.09. The lowest BCUT2D eigenvalue weighted by Crippen LogP contribution is -2.35. The van der Waals surface area contributed by atoms with Crippen molar-refractivity contribution in [2.45, 2.75) is 6.61 Å². The first-order valence-electron chi connectivity index (χ1n) is 10.6. The van der Waals surface area contributed by atoms with Gasteiger partial charge in [0.05, 0.1) is 12.8 Å². The fraction of sp³-hybridized carbons (Fsp3) is 0.115. The number of methoxy groups -OCH3 is 1. The largest absolute Gasteiger partial charge is 0.488 e. The van der Waals surface area contributed by atoms with Gasteiger partial charge in [0, 0.05) is 20.6 Å². The molecule has 3 aromatic carbocycles. The standard InChI is InChI=1S/C26H19BrClFN2O4S/c1-34-24(32)14-30-22(25(33)31(26(30)36)20-9-7-19(28)8-10-20)13-17-12-18(27)6-11-23(17)35-15-16-4-2-3-5-21(16)29/h2-13H,14-15H2,1H3/b22-13-. The predicted octanol–water partition coefficient (Wildman–Crippen LogP) is 5.97. The van der Waals surface area contributed by atoms with Gasteiger partial charge in [-0.05, 0) is 66.8 Å². The Morgan fingerprint density at radius 1 is 1.14 bits per heavy atom. The van der Waals surface area contributed by atoms with E-state index in [0.717, 1.165) is 4.47 Å². The highest BCUT2D eigenvalue weighted by molar-refractivity contribution is 9.10. The molecule has 1 fully saturated rings. The van der Waals surface area contributed by atoms with Crippen LogP contribution in [0.3, 0.4) is 0 Å². The van der Waals surface area contributed by atoms with Crippen molar-refractivity contribution < 1.29 is 23.5 Å². The normalized spacial score (nSPS) is 14.5. The molecule has 3 aromatic rings. The molecule has 0 saturated carbocycles. The highest BCUT2D eigenvalue weighted by atomic mass is 79.9. The van der Waals surface area contributed by atoms with Crippen molar-refractivity contribution >= 4 is 68.5 Å². The first-order valence-corrected chi connectivity index (χ1v) is 12.2. The van der Waals surface area contributed by atoms with Crippen molar-refractivity contribution in [3.63, 3.8) is 0 Å². The number of carbonyl (C=O) groups is 2. The van der Waals surface area contributed by atoms with Crippen LogP contribution < -0.4 is 9.64 Å². The van der Waals surface area contributed by atoms with Gasteiger partial charge in [-0.25, -0.2) is 4.39 Å². The second-order valence-electron chi connectivity index (χ2n) is 7.65. The summed E-state index contributed by atoms with van der Waals surface area (Å²) in [5, 5.41) is 0.618. The lowest BCUT2D eigenvalue weighted by atomic mass is 10.1. The van der Waals surface area contributed by atoms with Crippen molar-refractivity contribution in [3.05, 3.63) is 98.9 Å². The van der Waals surface area contributed by atoms with E-state index >= 15 is 0 Å². The molecule has 10 heteroatoms.